The zero-order valence-corrected chi connectivity index (χ0v) is 18.7. The first kappa shape index (κ1) is 23.7. The van der Waals surface area contributed by atoms with Crippen molar-refractivity contribution in [1.82, 2.24) is 20.9 Å². The number of hydrogen-bond acceptors (Lipinski definition) is 5. The van der Waals surface area contributed by atoms with Gasteiger partial charge in [0.2, 0.25) is 17.7 Å². The van der Waals surface area contributed by atoms with Gasteiger partial charge in [0.05, 0.1) is 12.6 Å². The molecule has 1 aromatic rings. The minimum absolute atomic E-state index is 0.00163. The summed E-state index contributed by atoms with van der Waals surface area (Å²) in [5, 5.41) is 16.1. The lowest BCUT2D eigenvalue weighted by Gasteiger charge is -2.43. The monoisotopic (exact) mass is 442 g/mol. The Kier molecular flexibility index (Phi) is 8.21. The molecule has 1 aromatic carbocycles. The van der Waals surface area contributed by atoms with Crippen molar-refractivity contribution in [2.45, 2.75) is 57.2 Å². The molecule has 1 saturated carbocycles. The Morgan fingerprint density at radius 2 is 1.81 bits per heavy atom. The predicted octanol–water partition coefficient (Wildman–Crippen LogP) is 0.472. The molecule has 9 nitrogen and oxygen atoms in total. The van der Waals surface area contributed by atoms with Crippen LogP contribution in [0.25, 0.3) is 0 Å². The second-order valence-electron chi connectivity index (χ2n) is 8.59. The van der Waals surface area contributed by atoms with Gasteiger partial charge >= 0.3 is 0 Å². The van der Waals surface area contributed by atoms with Gasteiger partial charge in [-0.05, 0) is 30.7 Å². The van der Waals surface area contributed by atoms with E-state index < -0.39 is 12.1 Å². The summed E-state index contributed by atoms with van der Waals surface area (Å²) in [4.78, 5) is 39.5. The number of likely N-dealkylation sites (tertiary alicyclic amines) is 1. The van der Waals surface area contributed by atoms with Gasteiger partial charge in [0.1, 0.15) is 11.9 Å². The van der Waals surface area contributed by atoms with Crippen LogP contribution in [0.2, 0.25) is 0 Å². The number of amidine groups is 1. The molecule has 2 fully saturated rings. The standard InChI is InChI=1S/C23H34N6O3/c1-26-19(30)14-27-20(16-5-3-2-4-6-16)23(32)29-12-11-18(29)22(31)28-13-15-7-9-17(10-8-15)21(24)25/h7-10,16,18,20,27H,2-6,11-14H2,1H3,(H3,24,25)(H,26,30)(H,28,31)/t18-,20+/m0/s1. The SMILES string of the molecule is CNC(=O)CN[C@@H](C(=O)N1CC[C@H]1C(=O)NCc1ccc(C(=N)N)cc1)C1CCCCC1. The van der Waals surface area contributed by atoms with Crippen LogP contribution in [0.5, 0.6) is 0 Å². The molecule has 32 heavy (non-hydrogen) atoms. The van der Waals surface area contributed by atoms with Crippen LogP contribution in [0, 0.1) is 11.3 Å². The van der Waals surface area contributed by atoms with E-state index in [1.165, 1.54) is 6.42 Å². The fraction of sp³-hybridized carbons (Fsp3) is 0.565. The molecule has 0 radical (unpaired) electrons. The van der Waals surface area contributed by atoms with E-state index in [2.05, 4.69) is 16.0 Å². The summed E-state index contributed by atoms with van der Waals surface area (Å²) in [6.45, 7) is 0.982. The van der Waals surface area contributed by atoms with E-state index in [4.69, 9.17) is 11.1 Å². The average Bonchev–Trinajstić information content (AvgIpc) is 2.77. The molecule has 0 unspecified atom stereocenters. The molecule has 9 heteroatoms. The summed E-state index contributed by atoms with van der Waals surface area (Å²) >= 11 is 0. The van der Waals surface area contributed by atoms with Crippen LogP contribution in [0.3, 0.4) is 0 Å². The van der Waals surface area contributed by atoms with Crippen molar-refractivity contribution in [2.75, 3.05) is 20.1 Å². The fourth-order valence-electron chi connectivity index (χ4n) is 4.43. The van der Waals surface area contributed by atoms with Crippen molar-refractivity contribution in [2.24, 2.45) is 11.7 Å². The number of amides is 3. The smallest absolute Gasteiger partial charge is 0.243 e. The van der Waals surface area contributed by atoms with E-state index in [9.17, 15) is 14.4 Å². The summed E-state index contributed by atoms with van der Waals surface area (Å²) in [6, 6.07) is 6.21. The predicted molar refractivity (Wildman–Crippen MR) is 122 cm³/mol. The lowest BCUT2D eigenvalue weighted by Crippen LogP contribution is -2.63. The minimum Gasteiger partial charge on any atom is -0.384 e. The summed E-state index contributed by atoms with van der Waals surface area (Å²) in [5.41, 5.74) is 7.00. The largest absolute Gasteiger partial charge is 0.384 e. The van der Waals surface area contributed by atoms with Crippen molar-refractivity contribution in [3.05, 3.63) is 35.4 Å². The highest BCUT2D eigenvalue weighted by atomic mass is 16.2. The Hall–Kier alpha value is -2.94. The third kappa shape index (κ3) is 5.85. The Bertz CT molecular complexity index is 835. The van der Waals surface area contributed by atoms with Crippen LogP contribution >= 0.6 is 0 Å². The van der Waals surface area contributed by atoms with Crippen molar-refractivity contribution >= 4 is 23.6 Å². The first-order valence-corrected chi connectivity index (χ1v) is 11.4. The van der Waals surface area contributed by atoms with E-state index in [0.29, 0.717) is 25.1 Å². The van der Waals surface area contributed by atoms with Crippen molar-refractivity contribution in [3.63, 3.8) is 0 Å². The van der Waals surface area contributed by atoms with Crippen molar-refractivity contribution in [3.8, 4) is 0 Å². The van der Waals surface area contributed by atoms with Crippen LogP contribution in [-0.2, 0) is 20.9 Å². The van der Waals surface area contributed by atoms with Crippen LogP contribution in [-0.4, -0.2) is 60.7 Å². The molecule has 6 N–H and O–H groups in total. The van der Waals surface area contributed by atoms with Gasteiger partial charge in [0.25, 0.3) is 0 Å². The molecule has 0 aromatic heterocycles. The molecule has 0 spiro atoms. The Morgan fingerprint density at radius 1 is 1.12 bits per heavy atom. The minimum atomic E-state index is -0.480. The third-order valence-electron chi connectivity index (χ3n) is 6.49. The second kappa shape index (κ2) is 11.1. The molecule has 2 aliphatic rings. The number of nitrogen functional groups attached to an aromatic ring is 1. The molecular weight excluding hydrogens is 408 g/mol. The van der Waals surface area contributed by atoms with Gasteiger partial charge in [-0.15, -0.1) is 0 Å². The summed E-state index contributed by atoms with van der Waals surface area (Å²) in [5.74, 6) is -0.231. The zero-order valence-electron chi connectivity index (χ0n) is 18.7. The zero-order chi connectivity index (χ0) is 23.1. The van der Waals surface area contributed by atoms with Crippen LogP contribution in [0.4, 0.5) is 0 Å². The Morgan fingerprint density at radius 3 is 2.38 bits per heavy atom. The van der Waals surface area contributed by atoms with E-state index >= 15 is 0 Å². The number of nitrogens with two attached hydrogens (primary N) is 1. The van der Waals surface area contributed by atoms with Gasteiger partial charge in [0, 0.05) is 25.7 Å². The number of nitrogens with one attached hydrogen (secondary N) is 4. The van der Waals surface area contributed by atoms with Crippen LogP contribution < -0.4 is 21.7 Å². The number of nitrogens with zero attached hydrogens (tertiary/aromatic N) is 1. The quantitative estimate of drug-likeness (QED) is 0.279. The highest BCUT2D eigenvalue weighted by Gasteiger charge is 2.42. The normalized spacial score (nSPS) is 19.5. The van der Waals surface area contributed by atoms with E-state index in [0.717, 1.165) is 31.2 Å². The van der Waals surface area contributed by atoms with Crippen LogP contribution in [0.1, 0.15) is 49.7 Å². The van der Waals surface area contributed by atoms with Crippen molar-refractivity contribution in [1.29, 1.82) is 5.41 Å². The summed E-state index contributed by atoms with van der Waals surface area (Å²) in [6.07, 6.45) is 5.89. The van der Waals surface area contributed by atoms with Gasteiger partial charge in [-0.3, -0.25) is 25.1 Å². The summed E-state index contributed by atoms with van der Waals surface area (Å²) in [7, 11) is 1.57. The second-order valence-corrected chi connectivity index (χ2v) is 8.59. The first-order chi connectivity index (χ1) is 15.4. The lowest BCUT2D eigenvalue weighted by atomic mass is 9.82. The fourth-order valence-corrected chi connectivity index (χ4v) is 4.43. The molecule has 2 atom stereocenters. The number of carbonyl (C=O) groups is 3. The highest BCUT2D eigenvalue weighted by Crippen LogP contribution is 2.29. The third-order valence-corrected chi connectivity index (χ3v) is 6.49. The van der Waals surface area contributed by atoms with E-state index in [1.54, 1.807) is 24.1 Å². The molecule has 1 aliphatic heterocycles. The number of rotatable bonds is 9. The highest BCUT2D eigenvalue weighted by molar-refractivity contribution is 5.95. The van der Waals surface area contributed by atoms with Gasteiger partial charge < -0.3 is 21.3 Å². The Labute approximate surface area is 189 Å². The number of hydrogen-bond donors (Lipinski definition) is 5. The van der Waals surface area contributed by atoms with Crippen molar-refractivity contribution < 1.29 is 14.4 Å². The van der Waals surface area contributed by atoms with Gasteiger partial charge in [-0.2, -0.15) is 0 Å². The maximum atomic E-state index is 13.3. The molecule has 3 amide bonds. The van der Waals surface area contributed by atoms with E-state index in [-0.39, 0.29) is 36.0 Å². The molecule has 3 rings (SSSR count). The average molecular weight is 443 g/mol. The molecule has 1 aliphatic carbocycles. The van der Waals surface area contributed by atoms with E-state index in [1.807, 2.05) is 12.1 Å². The molecule has 1 saturated heterocycles. The number of likely N-dealkylation sites (N-methyl/N-ethyl adjacent to an activating group) is 1. The van der Waals surface area contributed by atoms with Crippen LogP contribution in [0.15, 0.2) is 24.3 Å². The number of benzene rings is 1. The molecule has 174 valence electrons. The number of carbonyl (C=O) groups excluding carboxylic acids is 3. The van der Waals surface area contributed by atoms with Gasteiger partial charge in [-0.25, -0.2) is 0 Å². The first-order valence-electron chi connectivity index (χ1n) is 11.4. The maximum Gasteiger partial charge on any atom is 0.243 e. The maximum absolute atomic E-state index is 13.3. The van der Waals surface area contributed by atoms with Gasteiger partial charge in [0.15, 0.2) is 0 Å². The topological polar surface area (TPSA) is 140 Å². The lowest BCUT2D eigenvalue weighted by molar-refractivity contribution is -0.150. The molecule has 1 heterocycles. The molecule has 0 bridgehead atoms. The molecular formula is C23H34N6O3. The summed E-state index contributed by atoms with van der Waals surface area (Å²) < 4.78 is 0. The Balaban J connectivity index is 1.58. The van der Waals surface area contributed by atoms with Gasteiger partial charge in [-0.1, -0.05) is 43.5 Å².